The quantitative estimate of drug-likeness (QED) is 0.823. The first-order chi connectivity index (χ1) is 8.04. The summed E-state index contributed by atoms with van der Waals surface area (Å²) in [4.78, 5) is 11.2. The molecule has 3 heteroatoms. The molecule has 3 nitrogen and oxygen atoms in total. The molecule has 17 heavy (non-hydrogen) atoms. The van der Waals surface area contributed by atoms with Crippen molar-refractivity contribution >= 4 is 11.5 Å². The maximum atomic E-state index is 11.2. The number of Topliss-reactive ketones (excluding diaryl/α,β-unsaturated/α-hetero) is 1. The number of methoxy groups -OCH3 is 1. The number of hydrogen-bond donors (Lipinski definition) is 1. The molecule has 0 heterocycles. The second-order valence-corrected chi connectivity index (χ2v) is 4.60. The van der Waals surface area contributed by atoms with Crippen molar-refractivity contribution in [1.82, 2.24) is 0 Å². The number of hydrogen-bond acceptors (Lipinski definition) is 3. The number of anilines is 1. The van der Waals surface area contributed by atoms with E-state index in [4.69, 9.17) is 4.74 Å². The Balaban J connectivity index is 2.81. The average molecular weight is 235 g/mol. The van der Waals surface area contributed by atoms with Gasteiger partial charge in [0.2, 0.25) is 0 Å². The monoisotopic (exact) mass is 235 g/mol. The van der Waals surface area contributed by atoms with Gasteiger partial charge in [0.15, 0.2) is 0 Å². The van der Waals surface area contributed by atoms with Crippen molar-refractivity contribution in [2.75, 3.05) is 12.4 Å². The third-order valence-electron chi connectivity index (χ3n) is 2.76. The highest BCUT2D eigenvalue weighted by molar-refractivity contribution is 5.76. The molecule has 1 aromatic rings. The van der Waals surface area contributed by atoms with Gasteiger partial charge in [0.1, 0.15) is 11.5 Å². The number of para-hydroxylation sites is 2. The van der Waals surface area contributed by atoms with Gasteiger partial charge in [0.05, 0.1) is 12.8 Å². The molecule has 0 aromatic heterocycles. The molecule has 1 N–H and O–H groups in total. The Hall–Kier alpha value is -1.51. The Morgan fingerprint density at radius 2 is 2.00 bits per heavy atom. The topological polar surface area (TPSA) is 38.3 Å². The minimum absolute atomic E-state index is 0.142. The molecule has 1 rings (SSSR count). The second-order valence-electron chi connectivity index (χ2n) is 4.60. The van der Waals surface area contributed by atoms with E-state index >= 15 is 0 Å². The molecule has 0 aliphatic carbocycles. The van der Waals surface area contributed by atoms with Gasteiger partial charge in [-0.2, -0.15) is 0 Å². The Morgan fingerprint density at radius 1 is 1.35 bits per heavy atom. The minimum Gasteiger partial charge on any atom is -0.495 e. The first kappa shape index (κ1) is 13.6. The van der Waals surface area contributed by atoms with Crippen LogP contribution in [0, 0.1) is 5.92 Å². The Morgan fingerprint density at radius 3 is 2.53 bits per heavy atom. The molecule has 1 aromatic carbocycles. The van der Waals surface area contributed by atoms with Crippen LogP contribution in [0.5, 0.6) is 5.75 Å². The zero-order valence-corrected chi connectivity index (χ0v) is 11.0. The number of rotatable bonds is 6. The van der Waals surface area contributed by atoms with Crippen molar-refractivity contribution in [2.24, 2.45) is 5.92 Å². The van der Waals surface area contributed by atoms with Crippen LogP contribution in [0.4, 0.5) is 5.69 Å². The zero-order valence-electron chi connectivity index (χ0n) is 11.0. The largest absolute Gasteiger partial charge is 0.495 e. The van der Waals surface area contributed by atoms with Crippen LogP contribution in [0.15, 0.2) is 24.3 Å². The van der Waals surface area contributed by atoms with Gasteiger partial charge in [-0.05, 0) is 25.0 Å². The van der Waals surface area contributed by atoms with Gasteiger partial charge < -0.3 is 10.1 Å². The highest BCUT2D eigenvalue weighted by Crippen LogP contribution is 2.25. The summed E-state index contributed by atoms with van der Waals surface area (Å²) in [6, 6.07) is 7.90. The van der Waals surface area contributed by atoms with Crippen LogP contribution in [0.2, 0.25) is 0 Å². The maximum Gasteiger partial charge on any atom is 0.141 e. The number of carbonyl (C=O) groups is 1. The van der Waals surface area contributed by atoms with Crippen molar-refractivity contribution in [3.05, 3.63) is 24.3 Å². The van der Waals surface area contributed by atoms with E-state index in [0.29, 0.717) is 12.3 Å². The fourth-order valence-electron chi connectivity index (χ4n) is 1.73. The molecule has 0 amide bonds. The molecular weight excluding hydrogens is 214 g/mol. The van der Waals surface area contributed by atoms with E-state index in [1.807, 2.05) is 24.3 Å². The normalized spacial score (nSPS) is 12.3. The lowest BCUT2D eigenvalue weighted by Gasteiger charge is -2.23. The van der Waals surface area contributed by atoms with Crippen molar-refractivity contribution in [2.45, 2.75) is 33.2 Å². The first-order valence-corrected chi connectivity index (χ1v) is 5.93. The van der Waals surface area contributed by atoms with Gasteiger partial charge in [-0.1, -0.05) is 26.0 Å². The van der Waals surface area contributed by atoms with Crippen LogP contribution in [-0.4, -0.2) is 18.9 Å². The van der Waals surface area contributed by atoms with Gasteiger partial charge >= 0.3 is 0 Å². The Bertz CT molecular complexity index is 374. The highest BCUT2D eigenvalue weighted by atomic mass is 16.5. The summed E-state index contributed by atoms with van der Waals surface area (Å²) in [5.41, 5.74) is 0.940. The molecule has 1 unspecified atom stereocenters. The number of ether oxygens (including phenoxy) is 1. The summed E-state index contributed by atoms with van der Waals surface area (Å²) >= 11 is 0. The van der Waals surface area contributed by atoms with Crippen molar-refractivity contribution in [1.29, 1.82) is 0 Å². The SMILES string of the molecule is COc1ccccc1NC(CC(C)=O)C(C)C. The minimum atomic E-state index is 0.142. The van der Waals surface area contributed by atoms with Gasteiger partial charge in [-0.3, -0.25) is 4.79 Å². The Labute approximate surface area is 103 Å². The Kier molecular flexibility index (Phi) is 5.01. The second kappa shape index (κ2) is 6.28. The predicted molar refractivity (Wildman–Crippen MR) is 70.5 cm³/mol. The molecule has 0 saturated carbocycles. The van der Waals surface area contributed by atoms with E-state index in [9.17, 15) is 4.79 Å². The fourth-order valence-corrected chi connectivity index (χ4v) is 1.73. The summed E-state index contributed by atoms with van der Waals surface area (Å²) in [6.45, 7) is 5.84. The van der Waals surface area contributed by atoms with E-state index in [0.717, 1.165) is 11.4 Å². The van der Waals surface area contributed by atoms with Crippen LogP contribution >= 0.6 is 0 Å². The maximum absolute atomic E-state index is 11.2. The molecule has 94 valence electrons. The van der Waals surface area contributed by atoms with Gasteiger partial charge in [0.25, 0.3) is 0 Å². The number of carbonyl (C=O) groups excluding carboxylic acids is 1. The summed E-state index contributed by atoms with van der Waals surface area (Å²) in [5.74, 6) is 1.40. The summed E-state index contributed by atoms with van der Waals surface area (Å²) in [6.07, 6.45) is 0.537. The van der Waals surface area contributed by atoms with Gasteiger partial charge in [-0.25, -0.2) is 0 Å². The standard InChI is InChI=1S/C14H21NO2/c1-10(2)13(9-11(3)16)15-12-7-5-6-8-14(12)17-4/h5-8,10,13,15H,9H2,1-4H3. The summed E-state index contributed by atoms with van der Waals surface area (Å²) in [5, 5.41) is 3.38. The van der Waals surface area contributed by atoms with E-state index < -0.39 is 0 Å². The average Bonchev–Trinajstić information content (AvgIpc) is 2.28. The number of nitrogens with one attached hydrogen (secondary N) is 1. The highest BCUT2D eigenvalue weighted by Gasteiger charge is 2.16. The van der Waals surface area contributed by atoms with Crippen LogP contribution in [0.3, 0.4) is 0 Å². The molecular formula is C14H21NO2. The van der Waals surface area contributed by atoms with Gasteiger partial charge in [0, 0.05) is 12.5 Å². The first-order valence-electron chi connectivity index (χ1n) is 5.93. The third-order valence-corrected chi connectivity index (χ3v) is 2.76. The van der Waals surface area contributed by atoms with Crippen molar-refractivity contribution in [3.63, 3.8) is 0 Å². The molecule has 0 saturated heterocycles. The van der Waals surface area contributed by atoms with Crippen LogP contribution in [0.1, 0.15) is 27.2 Å². The van der Waals surface area contributed by atoms with E-state index in [-0.39, 0.29) is 11.8 Å². The van der Waals surface area contributed by atoms with Crippen LogP contribution in [-0.2, 0) is 4.79 Å². The smallest absolute Gasteiger partial charge is 0.141 e. The van der Waals surface area contributed by atoms with Crippen molar-refractivity contribution in [3.8, 4) is 5.75 Å². The molecule has 0 radical (unpaired) electrons. The third kappa shape index (κ3) is 4.10. The number of ketones is 1. The van der Waals surface area contributed by atoms with E-state index in [2.05, 4.69) is 19.2 Å². The molecule has 1 atom stereocenters. The van der Waals surface area contributed by atoms with Crippen LogP contribution in [0.25, 0.3) is 0 Å². The lowest BCUT2D eigenvalue weighted by molar-refractivity contribution is -0.117. The lowest BCUT2D eigenvalue weighted by atomic mass is 9.98. The number of benzene rings is 1. The fraction of sp³-hybridized carbons (Fsp3) is 0.500. The molecule has 0 fully saturated rings. The van der Waals surface area contributed by atoms with Gasteiger partial charge in [-0.15, -0.1) is 0 Å². The summed E-state index contributed by atoms with van der Waals surface area (Å²) in [7, 11) is 1.65. The molecule has 0 aliphatic rings. The van der Waals surface area contributed by atoms with E-state index in [1.54, 1.807) is 14.0 Å². The lowest BCUT2D eigenvalue weighted by Crippen LogP contribution is -2.28. The molecule has 0 bridgehead atoms. The molecule has 0 spiro atoms. The van der Waals surface area contributed by atoms with E-state index in [1.165, 1.54) is 0 Å². The zero-order chi connectivity index (χ0) is 12.8. The van der Waals surface area contributed by atoms with Crippen LogP contribution < -0.4 is 10.1 Å². The van der Waals surface area contributed by atoms with Crippen molar-refractivity contribution < 1.29 is 9.53 Å². The summed E-state index contributed by atoms with van der Waals surface area (Å²) < 4.78 is 5.28. The predicted octanol–water partition coefficient (Wildman–Crippen LogP) is 3.11. The molecule has 0 aliphatic heterocycles.